The van der Waals surface area contributed by atoms with Gasteiger partial charge < -0.3 is 5.73 Å². The van der Waals surface area contributed by atoms with Gasteiger partial charge in [0.05, 0.1) is 0 Å². The van der Waals surface area contributed by atoms with E-state index in [1.165, 1.54) is 70.9 Å². The Morgan fingerprint density at radius 3 is 1.84 bits per heavy atom. The molecule has 5 atom stereocenters. The highest BCUT2D eigenvalue weighted by atomic mass is 15.2. The molecular weight excluding hydrogens is 304 g/mol. The molecule has 0 spiro atoms. The molecule has 0 saturated heterocycles. The molecule has 2 N–H and O–H groups in total. The van der Waals surface area contributed by atoms with Crippen molar-refractivity contribution in [3.8, 4) is 0 Å². The Morgan fingerprint density at radius 2 is 1.44 bits per heavy atom. The first kappa shape index (κ1) is 22.7. The number of nitrogens with zero attached hydrogens (tertiary/aromatic N) is 1. The van der Waals surface area contributed by atoms with Crippen LogP contribution in [0.5, 0.6) is 0 Å². The summed E-state index contributed by atoms with van der Waals surface area (Å²) in [5.41, 5.74) is 6.22. The summed E-state index contributed by atoms with van der Waals surface area (Å²) >= 11 is 0. The fourth-order valence-electron chi connectivity index (χ4n) is 4.18. The van der Waals surface area contributed by atoms with E-state index in [0.29, 0.717) is 12.0 Å². The van der Waals surface area contributed by atoms with Gasteiger partial charge in [-0.05, 0) is 37.0 Å². The maximum Gasteiger partial charge on any atom is 0.0282 e. The van der Waals surface area contributed by atoms with E-state index >= 15 is 0 Å². The minimum Gasteiger partial charge on any atom is -0.324 e. The van der Waals surface area contributed by atoms with Gasteiger partial charge in [0.2, 0.25) is 0 Å². The van der Waals surface area contributed by atoms with Gasteiger partial charge in [-0.25, -0.2) is 0 Å². The summed E-state index contributed by atoms with van der Waals surface area (Å²) in [6.45, 7) is 14.3. The molecule has 0 fully saturated rings. The van der Waals surface area contributed by atoms with Crippen molar-refractivity contribution in [1.82, 2.24) is 4.90 Å². The van der Waals surface area contributed by atoms with E-state index in [9.17, 15) is 0 Å². The molecule has 25 heavy (non-hydrogen) atoms. The van der Waals surface area contributed by atoms with Crippen LogP contribution in [0.3, 0.4) is 0 Å². The Labute approximate surface area is 158 Å². The molecule has 0 aromatic rings. The van der Waals surface area contributed by atoms with Gasteiger partial charge in [0.15, 0.2) is 0 Å². The van der Waals surface area contributed by atoms with Crippen LogP contribution in [0, 0.1) is 17.8 Å². The lowest BCUT2D eigenvalue weighted by molar-refractivity contribution is 0.131. The number of unbranched alkanes of at least 4 members (excludes halogenated alkanes) is 2. The molecule has 0 amide bonds. The van der Waals surface area contributed by atoms with Crippen LogP contribution >= 0.6 is 0 Å². The molecule has 148 valence electrons. The smallest absolute Gasteiger partial charge is 0.0282 e. The molecule has 0 aliphatic heterocycles. The average Bonchev–Trinajstić information content (AvgIpc) is 2.62. The minimum atomic E-state index is 0.252. The van der Waals surface area contributed by atoms with Gasteiger partial charge in [-0.2, -0.15) is 0 Å². The zero-order chi connectivity index (χ0) is 18.7. The standard InChI is InChI=1S/C23H46N2/c1-6-10-12-20(8-3)17-25(18-21(9-4)13-11-7-2)22-14-15-23(24)19(5)16-22/h14-15,19-23H,6-13,16-18,24H2,1-5H3/t19?,20?,21?,22-,23+/m1/s1. The van der Waals surface area contributed by atoms with Crippen molar-refractivity contribution in [1.29, 1.82) is 0 Å². The Kier molecular flexibility index (Phi) is 11.7. The van der Waals surface area contributed by atoms with Gasteiger partial charge in [0.25, 0.3) is 0 Å². The number of hydrogen-bond acceptors (Lipinski definition) is 2. The third kappa shape index (κ3) is 8.26. The van der Waals surface area contributed by atoms with E-state index in [1.807, 2.05) is 0 Å². The van der Waals surface area contributed by atoms with Crippen molar-refractivity contribution < 1.29 is 0 Å². The minimum absolute atomic E-state index is 0.252. The molecule has 0 heterocycles. The third-order valence-electron chi connectivity index (χ3n) is 6.37. The van der Waals surface area contributed by atoms with E-state index in [2.05, 4.69) is 51.7 Å². The van der Waals surface area contributed by atoms with Crippen LogP contribution in [0.4, 0.5) is 0 Å². The monoisotopic (exact) mass is 350 g/mol. The Balaban J connectivity index is 2.79. The van der Waals surface area contributed by atoms with Crippen molar-refractivity contribution in [2.45, 2.75) is 104 Å². The van der Waals surface area contributed by atoms with Crippen LogP contribution in [0.25, 0.3) is 0 Å². The highest BCUT2D eigenvalue weighted by Crippen LogP contribution is 2.26. The lowest BCUT2D eigenvalue weighted by Crippen LogP contribution is -2.45. The average molecular weight is 351 g/mol. The first-order valence-electron chi connectivity index (χ1n) is 11.2. The Morgan fingerprint density at radius 1 is 0.920 bits per heavy atom. The normalized spacial score (nSPS) is 26.1. The predicted molar refractivity (Wildman–Crippen MR) is 113 cm³/mol. The van der Waals surface area contributed by atoms with Crippen molar-refractivity contribution in [3.05, 3.63) is 12.2 Å². The highest BCUT2D eigenvalue weighted by molar-refractivity contribution is 5.07. The van der Waals surface area contributed by atoms with Crippen LogP contribution in [-0.4, -0.2) is 30.1 Å². The molecule has 2 heteroatoms. The predicted octanol–water partition coefficient (Wildman–Crippen LogP) is 6.01. The fourth-order valence-corrected chi connectivity index (χ4v) is 4.18. The summed E-state index contributed by atoms with van der Waals surface area (Å²) in [4.78, 5) is 2.83. The lowest BCUT2D eigenvalue weighted by Gasteiger charge is -2.39. The van der Waals surface area contributed by atoms with Crippen LogP contribution in [0.15, 0.2) is 12.2 Å². The van der Waals surface area contributed by atoms with Gasteiger partial charge in [-0.3, -0.25) is 4.90 Å². The van der Waals surface area contributed by atoms with E-state index in [4.69, 9.17) is 5.73 Å². The van der Waals surface area contributed by atoms with Gasteiger partial charge in [0.1, 0.15) is 0 Å². The zero-order valence-electron chi connectivity index (χ0n) is 17.8. The maximum absolute atomic E-state index is 6.22. The van der Waals surface area contributed by atoms with Crippen molar-refractivity contribution in [2.75, 3.05) is 13.1 Å². The molecule has 2 nitrogen and oxygen atoms in total. The second-order valence-corrected chi connectivity index (χ2v) is 8.53. The van der Waals surface area contributed by atoms with E-state index in [-0.39, 0.29) is 6.04 Å². The van der Waals surface area contributed by atoms with Crippen LogP contribution in [-0.2, 0) is 0 Å². The molecular formula is C23H46N2. The maximum atomic E-state index is 6.22. The van der Waals surface area contributed by atoms with Crippen LogP contribution in [0.1, 0.15) is 92.4 Å². The summed E-state index contributed by atoms with van der Waals surface area (Å²) in [7, 11) is 0. The summed E-state index contributed by atoms with van der Waals surface area (Å²) in [6, 6.07) is 0.850. The molecule has 0 saturated carbocycles. The summed E-state index contributed by atoms with van der Waals surface area (Å²) in [5.74, 6) is 2.30. The van der Waals surface area contributed by atoms with E-state index < -0.39 is 0 Å². The molecule has 0 aromatic heterocycles. The molecule has 1 aliphatic rings. The third-order valence-corrected chi connectivity index (χ3v) is 6.37. The van der Waals surface area contributed by atoms with Crippen LogP contribution in [0.2, 0.25) is 0 Å². The molecule has 1 aliphatic carbocycles. The van der Waals surface area contributed by atoms with Crippen LogP contribution < -0.4 is 5.73 Å². The van der Waals surface area contributed by atoms with Crippen molar-refractivity contribution >= 4 is 0 Å². The second-order valence-electron chi connectivity index (χ2n) is 8.53. The van der Waals surface area contributed by atoms with E-state index in [0.717, 1.165) is 11.8 Å². The summed E-state index contributed by atoms with van der Waals surface area (Å²) < 4.78 is 0. The molecule has 3 unspecified atom stereocenters. The number of rotatable bonds is 13. The first-order valence-corrected chi connectivity index (χ1v) is 11.2. The van der Waals surface area contributed by atoms with E-state index in [1.54, 1.807) is 0 Å². The van der Waals surface area contributed by atoms with Gasteiger partial charge in [-0.1, -0.05) is 85.3 Å². The topological polar surface area (TPSA) is 29.3 Å². The molecule has 0 aromatic carbocycles. The summed E-state index contributed by atoms with van der Waals surface area (Å²) in [5, 5.41) is 0. The first-order chi connectivity index (χ1) is 12.0. The lowest BCUT2D eigenvalue weighted by atomic mass is 9.86. The Bertz CT molecular complexity index is 334. The van der Waals surface area contributed by atoms with Crippen molar-refractivity contribution in [2.24, 2.45) is 23.5 Å². The SMILES string of the molecule is CCCCC(CC)CN(CC(CC)CCCC)[C@@H]1C=C[C@H](N)C(C)C1. The fraction of sp³-hybridized carbons (Fsp3) is 0.913. The number of hydrogen-bond donors (Lipinski definition) is 1. The molecule has 0 radical (unpaired) electrons. The second kappa shape index (κ2) is 12.9. The number of nitrogens with two attached hydrogens (primary N) is 1. The largest absolute Gasteiger partial charge is 0.324 e. The van der Waals surface area contributed by atoms with Crippen molar-refractivity contribution in [3.63, 3.8) is 0 Å². The van der Waals surface area contributed by atoms with Gasteiger partial charge >= 0.3 is 0 Å². The molecule has 0 bridgehead atoms. The summed E-state index contributed by atoms with van der Waals surface area (Å²) in [6.07, 6.45) is 16.7. The molecule has 1 rings (SSSR count). The zero-order valence-corrected chi connectivity index (χ0v) is 17.8. The van der Waals surface area contributed by atoms with Gasteiger partial charge in [-0.15, -0.1) is 0 Å². The Hall–Kier alpha value is -0.340. The van der Waals surface area contributed by atoms with Gasteiger partial charge in [0, 0.05) is 25.2 Å². The highest BCUT2D eigenvalue weighted by Gasteiger charge is 2.27. The quantitative estimate of drug-likeness (QED) is 0.412.